The summed E-state index contributed by atoms with van der Waals surface area (Å²) >= 11 is 0. The molecule has 0 heterocycles. The lowest BCUT2D eigenvalue weighted by Gasteiger charge is -2.20. The van der Waals surface area contributed by atoms with Crippen molar-refractivity contribution in [1.29, 1.82) is 0 Å². The Morgan fingerprint density at radius 2 is 1.16 bits per heavy atom. The van der Waals surface area contributed by atoms with Gasteiger partial charge in [-0.15, -0.1) is 0 Å². The van der Waals surface area contributed by atoms with Crippen LogP contribution in [0, 0.1) is 5.82 Å². The van der Waals surface area contributed by atoms with Crippen molar-refractivity contribution in [1.82, 2.24) is 0 Å². The highest BCUT2D eigenvalue weighted by Gasteiger charge is 2.19. The number of hydrogen-bond donors (Lipinski definition) is 0. The molecule has 0 aromatic heterocycles. The van der Waals surface area contributed by atoms with Crippen LogP contribution < -0.4 is 0 Å². The van der Waals surface area contributed by atoms with E-state index in [0.29, 0.717) is 0 Å². The molecule has 0 nitrogen and oxygen atoms in total. The minimum atomic E-state index is -0.0948. The zero-order valence-electron chi connectivity index (χ0n) is 15.0. The van der Waals surface area contributed by atoms with Gasteiger partial charge in [0.05, 0.1) is 0 Å². The van der Waals surface area contributed by atoms with Crippen LogP contribution >= 0.6 is 0 Å². The molecule has 0 aliphatic heterocycles. The van der Waals surface area contributed by atoms with E-state index in [9.17, 15) is 4.39 Å². The van der Waals surface area contributed by atoms with E-state index in [4.69, 9.17) is 0 Å². The molecule has 0 fully saturated rings. The molecule has 0 N–H and O–H groups in total. The van der Waals surface area contributed by atoms with Gasteiger partial charge in [-0.1, -0.05) is 86.6 Å². The normalized spacial score (nSPS) is 13.4. The zero-order valence-corrected chi connectivity index (χ0v) is 15.0. The van der Waals surface area contributed by atoms with Crippen LogP contribution in [0.15, 0.2) is 78.9 Å². The van der Waals surface area contributed by atoms with Crippen molar-refractivity contribution in [2.75, 3.05) is 0 Å². The van der Waals surface area contributed by atoms with E-state index >= 15 is 0 Å². The smallest absolute Gasteiger partial charge is 0.127 e. The largest absolute Gasteiger partial charge is 0.207 e. The van der Waals surface area contributed by atoms with Crippen molar-refractivity contribution in [3.63, 3.8) is 0 Å². The molecule has 128 valence electrons. The second-order valence-corrected chi connectivity index (χ2v) is 6.52. The maximum absolute atomic E-state index is 15.0. The van der Waals surface area contributed by atoms with Gasteiger partial charge >= 0.3 is 0 Å². The number of halogens is 1. The predicted octanol–water partition coefficient (Wildman–Crippen LogP) is 6.91. The second kappa shape index (κ2) is 8.11. The second-order valence-electron chi connectivity index (χ2n) is 6.52. The SMILES string of the molecule is CCC(c1ccccc1)c1ccc(C(CC)c2ccccc2)c(F)c1. The van der Waals surface area contributed by atoms with Crippen LogP contribution in [0.4, 0.5) is 4.39 Å². The third kappa shape index (κ3) is 3.82. The topological polar surface area (TPSA) is 0 Å². The van der Waals surface area contributed by atoms with Gasteiger partial charge in [-0.25, -0.2) is 4.39 Å². The van der Waals surface area contributed by atoms with E-state index in [1.807, 2.05) is 42.5 Å². The predicted molar refractivity (Wildman–Crippen MR) is 104 cm³/mol. The molecule has 0 spiro atoms. The van der Waals surface area contributed by atoms with Crippen LogP contribution in [0.5, 0.6) is 0 Å². The molecule has 0 saturated carbocycles. The first-order valence-electron chi connectivity index (χ1n) is 9.13. The first-order chi connectivity index (χ1) is 12.2. The van der Waals surface area contributed by atoms with Crippen LogP contribution in [-0.2, 0) is 0 Å². The van der Waals surface area contributed by atoms with Gasteiger partial charge in [0.1, 0.15) is 5.82 Å². The van der Waals surface area contributed by atoms with Crippen molar-refractivity contribution < 1.29 is 4.39 Å². The summed E-state index contributed by atoms with van der Waals surface area (Å²) < 4.78 is 15.0. The Kier molecular flexibility index (Phi) is 5.65. The molecule has 0 saturated heterocycles. The molecule has 0 radical (unpaired) electrons. The van der Waals surface area contributed by atoms with Crippen molar-refractivity contribution in [2.24, 2.45) is 0 Å². The Bertz CT molecular complexity index is 793. The monoisotopic (exact) mass is 332 g/mol. The molecule has 3 aromatic rings. The Hall–Kier alpha value is -2.41. The molecule has 0 aliphatic carbocycles. The average Bonchev–Trinajstić information content (AvgIpc) is 2.66. The molecule has 2 atom stereocenters. The Morgan fingerprint density at radius 1 is 0.640 bits per heavy atom. The Balaban J connectivity index is 1.95. The molecule has 0 amide bonds. The van der Waals surface area contributed by atoms with Gasteiger partial charge in [0.2, 0.25) is 0 Å². The quantitative estimate of drug-likeness (QED) is 0.460. The van der Waals surface area contributed by atoms with Gasteiger partial charge in [-0.2, -0.15) is 0 Å². The first-order valence-corrected chi connectivity index (χ1v) is 9.13. The van der Waals surface area contributed by atoms with Crippen LogP contribution in [0.25, 0.3) is 0 Å². The summed E-state index contributed by atoms with van der Waals surface area (Å²) in [7, 11) is 0. The van der Waals surface area contributed by atoms with Crippen molar-refractivity contribution >= 4 is 0 Å². The summed E-state index contributed by atoms with van der Waals surface area (Å²) in [6.07, 6.45) is 1.84. The summed E-state index contributed by atoms with van der Waals surface area (Å²) in [5, 5.41) is 0. The van der Waals surface area contributed by atoms with E-state index in [-0.39, 0.29) is 17.7 Å². The van der Waals surface area contributed by atoms with Gasteiger partial charge in [-0.05, 0) is 41.2 Å². The van der Waals surface area contributed by atoms with Gasteiger partial charge < -0.3 is 0 Å². The van der Waals surface area contributed by atoms with E-state index in [2.05, 4.69) is 44.2 Å². The first kappa shape index (κ1) is 17.4. The molecule has 3 aromatic carbocycles. The maximum atomic E-state index is 15.0. The maximum Gasteiger partial charge on any atom is 0.127 e. The lowest BCUT2D eigenvalue weighted by atomic mass is 9.85. The van der Waals surface area contributed by atoms with E-state index in [1.54, 1.807) is 6.07 Å². The molecule has 1 heteroatoms. The van der Waals surface area contributed by atoms with Crippen molar-refractivity contribution in [3.8, 4) is 0 Å². The van der Waals surface area contributed by atoms with Crippen molar-refractivity contribution in [2.45, 2.75) is 38.5 Å². The molecule has 25 heavy (non-hydrogen) atoms. The average molecular weight is 332 g/mol. The van der Waals surface area contributed by atoms with E-state index < -0.39 is 0 Å². The standard InChI is InChI=1S/C24H25F/c1-3-21(18-11-7-5-8-12-18)20-15-16-23(24(25)17-20)22(4-2)19-13-9-6-10-14-19/h5-17,21-22H,3-4H2,1-2H3. The summed E-state index contributed by atoms with van der Waals surface area (Å²) in [6.45, 7) is 4.27. The van der Waals surface area contributed by atoms with Crippen LogP contribution in [0.3, 0.4) is 0 Å². The highest BCUT2D eigenvalue weighted by molar-refractivity contribution is 5.39. The number of benzene rings is 3. The lowest BCUT2D eigenvalue weighted by molar-refractivity contribution is 0.587. The Labute approximate surface area is 150 Å². The molecule has 2 unspecified atom stereocenters. The van der Waals surface area contributed by atoms with Crippen LogP contribution in [0.1, 0.15) is 60.8 Å². The number of hydrogen-bond acceptors (Lipinski definition) is 0. The van der Waals surface area contributed by atoms with Crippen molar-refractivity contribution in [3.05, 3.63) is 107 Å². The summed E-state index contributed by atoms with van der Waals surface area (Å²) in [4.78, 5) is 0. The van der Waals surface area contributed by atoms with E-state index in [0.717, 1.165) is 24.0 Å². The van der Waals surface area contributed by atoms with Gasteiger partial charge in [-0.3, -0.25) is 0 Å². The zero-order chi connectivity index (χ0) is 17.6. The highest BCUT2D eigenvalue weighted by atomic mass is 19.1. The fraction of sp³-hybridized carbons (Fsp3) is 0.250. The summed E-state index contributed by atoms with van der Waals surface area (Å²) in [5.41, 5.74) is 4.26. The summed E-state index contributed by atoms with van der Waals surface area (Å²) in [6, 6.07) is 26.4. The van der Waals surface area contributed by atoms with Gasteiger partial charge in [0.25, 0.3) is 0 Å². The third-order valence-electron chi connectivity index (χ3n) is 5.02. The van der Waals surface area contributed by atoms with E-state index in [1.165, 1.54) is 11.1 Å². The van der Waals surface area contributed by atoms with Crippen LogP contribution in [-0.4, -0.2) is 0 Å². The molecule has 0 bridgehead atoms. The minimum Gasteiger partial charge on any atom is -0.207 e. The minimum absolute atomic E-state index is 0.0948. The molecule has 0 aliphatic rings. The summed E-state index contributed by atoms with van der Waals surface area (Å²) in [5.74, 6) is 0.246. The van der Waals surface area contributed by atoms with Gasteiger partial charge in [0.15, 0.2) is 0 Å². The molecule has 3 rings (SSSR count). The fourth-order valence-electron chi connectivity index (χ4n) is 3.71. The van der Waals surface area contributed by atoms with Crippen LogP contribution in [0.2, 0.25) is 0 Å². The fourth-order valence-corrected chi connectivity index (χ4v) is 3.71. The van der Waals surface area contributed by atoms with Gasteiger partial charge in [0, 0.05) is 11.8 Å². The number of rotatable bonds is 6. The Morgan fingerprint density at radius 3 is 1.64 bits per heavy atom. The highest BCUT2D eigenvalue weighted by Crippen LogP contribution is 2.33. The molecular weight excluding hydrogens is 307 g/mol. The lowest BCUT2D eigenvalue weighted by Crippen LogP contribution is -2.05. The molecular formula is C24H25F. The third-order valence-corrected chi connectivity index (χ3v) is 5.02.